The Morgan fingerprint density at radius 1 is 1.58 bits per heavy atom. The first-order chi connectivity index (χ1) is 5.66. The molecular formula is C9H9ClO2. The second-order valence-electron chi connectivity index (χ2n) is 2.57. The van der Waals surface area contributed by atoms with Crippen LogP contribution in [0.25, 0.3) is 0 Å². The van der Waals surface area contributed by atoms with Crippen molar-refractivity contribution >= 4 is 17.9 Å². The summed E-state index contributed by atoms with van der Waals surface area (Å²) in [4.78, 5) is 10.2. The number of carbonyl (C=O) groups is 1. The molecule has 0 spiro atoms. The lowest BCUT2D eigenvalue weighted by molar-refractivity contribution is -0.107. The van der Waals surface area contributed by atoms with Crippen LogP contribution in [0.5, 0.6) is 5.75 Å². The number of hydrogen-bond acceptors (Lipinski definition) is 2. The average Bonchev–Trinajstić information content (AvgIpc) is 2.07. The predicted molar refractivity (Wildman–Crippen MR) is 47.6 cm³/mol. The molecular weight excluding hydrogens is 176 g/mol. The second kappa shape index (κ2) is 3.59. The topological polar surface area (TPSA) is 37.3 Å². The van der Waals surface area contributed by atoms with Gasteiger partial charge in [-0.2, -0.15) is 0 Å². The summed E-state index contributed by atoms with van der Waals surface area (Å²) in [5, 5.41) is 9.75. The van der Waals surface area contributed by atoms with Gasteiger partial charge in [-0.15, -0.1) is 0 Å². The molecule has 0 atom stereocenters. The number of aryl methyl sites for hydroxylation is 1. The van der Waals surface area contributed by atoms with Crippen molar-refractivity contribution in [3.63, 3.8) is 0 Å². The summed E-state index contributed by atoms with van der Waals surface area (Å²) >= 11 is 5.75. The van der Waals surface area contributed by atoms with E-state index < -0.39 is 0 Å². The minimum absolute atomic E-state index is 0.0174. The van der Waals surface area contributed by atoms with E-state index in [1.807, 2.05) is 0 Å². The maximum Gasteiger partial charge on any atom is 0.138 e. The molecule has 0 aliphatic rings. The molecule has 0 aromatic heterocycles. The van der Waals surface area contributed by atoms with Gasteiger partial charge in [-0.1, -0.05) is 23.7 Å². The molecule has 0 fully saturated rings. The first kappa shape index (κ1) is 9.07. The Bertz CT molecular complexity index is 308. The fourth-order valence-electron chi connectivity index (χ4n) is 0.960. The number of hydrogen-bond donors (Lipinski definition) is 1. The van der Waals surface area contributed by atoms with Crippen LogP contribution < -0.4 is 0 Å². The van der Waals surface area contributed by atoms with Crippen LogP contribution in [0.1, 0.15) is 11.1 Å². The fraction of sp³-hybridized carbons (Fsp3) is 0.222. The Morgan fingerprint density at radius 2 is 2.25 bits per heavy atom. The van der Waals surface area contributed by atoms with Gasteiger partial charge in [0, 0.05) is 12.0 Å². The van der Waals surface area contributed by atoms with Gasteiger partial charge < -0.3 is 9.90 Å². The van der Waals surface area contributed by atoms with Crippen LogP contribution >= 0.6 is 11.6 Å². The van der Waals surface area contributed by atoms with Crippen molar-refractivity contribution in [3.8, 4) is 5.75 Å². The lowest BCUT2D eigenvalue weighted by atomic mass is 10.1. The van der Waals surface area contributed by atoms with Crippen molar-refractivity contribution in [3.05, 3.63) is 28.3 Å². The van der Waals surface area contributed by atoms with Gasteiger partial charge in [0.15, 0.2) is 0 Å². The lowest BCUT2D eigenvalue weighted by Crippen LogP contribution is -1.88. The average molecular weight is 185 g/mol. The van der Waals surface area contributed by atoms with Crippen LogP contribution in [-0.4, -0.2) is 11.4 Å². The molecule has 0 saturated carbocycles. The number of benzene rings is 1. The third kappa shape index (κ3) is 1.59. The van der Waals surface area contributed by atoms with Gasteiger partial charge in [-0.05, 0) is 12.5 Å². The highest BCUT2D eigenvalue weighted by Gasteiger charge is 2.06. The Kier molecular flexibility index (Phi) is 2.71. The number of aromatic hydroxyl groups is 1. The quantitative estimate of drug-likeness (QED) is 0.715. The summed E-state index contributed by atoms with van der Waals surface area (Å²) in [6, 6.07) is 3.48. The zero-order chi connectivity index (χ0) is 9.14. The molecule has 0 bridgehead atoms. The highest BCUT2D eigenvalue weighted by atomic mass is 35.5. The second-order valence-corrected chi connectivity index (χ2v) is 2.95. The minimum atomic E-state index is 0.0174. The van der Waals surface area contributed by atoms with E-state index in [1.165, 1.54) is 0 Å². The summed E-state index contributed by atoms with van der Waals surface area (Å²) in [6.45, 7) is 1.80. The Morgan fingerprint density at radius 3 is 2.83 bits per heavy atom. The summed E-state index contributed by atoms with van der Waals surface area (Å²) in [6.07, 6.45) is 0.937. The Balaban J connectivity index is 3.16. The third-order valence-corrected chi connectivity index (χ3v) is 2.17. The standard InChI is InChI=1S/C9H9ClO2/c1-6-2-3-7(4-5-11)9(12)8(6)10/h2-3,5,12H,4H2,1H3. The van der Waals surface area contributed by atoms with Gasteiger partial charge in [0.25, 0.3) is 0 Å². The van der Waals surface area contributed by atoms with Gasteiger partial charge in [0.2, 0.25) is 0 Å². The number of rotatable bonds is 2. The van der Waals surface area contributed by atoms with Crippen LogP contribution in [0.2, 0.25) is 5.02 Å². The van der Waals surface area contributed by atoms with E-state index in [2.05, 4.69) is 0 Å². The zero-order valence-corrected chi connectivity index (χ0v) is 7.43. The van der Waals surface area contributed by atoms with E-state index in [0.29, 0.717) is 10.6 Å². The maximum absolute atomic E-state index is 10.2. The maximum atomic E-state index is 10.2. The van der Waals surface area contributed by atoms with Crippen molar-refractivity contribution in [1.82, 2.24) is 0 Å². The molecule has 0 saturated heterocycles. The SMILES string of the molecule is Cc1ccc(CC=O)c(O)c1Cl. The molecule has 3 heteroatoms. The normalized spacial score (nSPS) is 9.83. The molecule has 0 amide bonds. The first-order valence-electron chi connectivity index (χ1n) is 3.57. The zero-order valence-electron chi connectivity index (χ0n) is 6.67. The number of carbonyl (C=O) groups excluding carboxylic acids is 1. The van der Waals surface area contributed by atoms with E-state index in [0.717, 1.165) is 11.8 Å². The molecule has 0 aliphatic heterocycles. The molecule has 0 radical (unpaired) electrons. The van der Waals surface area contributed by atoms with Crippen LogP contribution in [0.4, 0.5) is 0 Å². The molecule has 0 unspecified atom stereocenters. The Hall–Kier alpha value is -1.02. The van der Waals surface area contributed by atoms with Crippen LogP contribution in [0, 0.1) is 6.92 Å². The molecule has 0 aliphatic carbocycles. The first-order valence-corrected chi connectivity index (χ1v) is 3.95. The van der Waals surface area contributed by atoms with Crippen LogP contribution in [0.15, 0.2) is 12.1 Å². The highest BCUT2D eigenvalue weighted by Crippen LogP contribution is 2.30. The largest absolute Gasteiger partial charge is 0.506 e. The Labute approximate surface area is 75.8 Å². The summed E-state index contributed by atoms with van der Waals surface area (Å²) in [7, 11) is 0. The highest BCUT2D eigenvalue weighted by molar-refractivity contribution is 6.32. The molecule has 1 aromatic carbocycles. The van der Waals surface area contributed by atoms with Gasteiger partial charge in [-0.3, -0.25) is 0 Å². The van der Waals surface area contributed by atoms with Gasteiger partial charge in [0.1, 0.15) is 12.0 Å². The molecule has 1 aromatic rings. The molecule has 1 N–H and O–H groups in total. The van der Waals surface area contributed by atoms with Crippen LogP contribution in [0.3, 0.4) is 0 Å². The monoisotopic (exact) mass is 184 g/mol. The molecule has 0 heterocycles. The molecule has 1 rings (SSSR count). The van der Waals surface area contributed by atoms with Crippen molar-refractivity contribution in [2.75, 3.05) is 0 Å². The predicted octanol–water partition coefficient (Wildman–Crippen LogP) is 2.10. The number of aldehydes is 1. The number of phenols is 1. The van der Waals surface area contributed by atoms with Gasteiger partial charge in [0.05, 0.1) is 5.02 Å². The van der Waals surface area contributed by atoms with Crippen molar-refractivity contribution in [2.24, 2.45) is 0 Å². The molecule has 12 heavy (non-hydrogen) atoms. The summed E-state index contributed by atoms with van der Waals surface area (Å²) in [5.41, 5.74) is 1.38. The van der Waals surface area contributed by atoms with E-state index in [-0.39, 0.29) is 12.2 Å². The van der Waals surface area contributed by atoms with E-state index in [4.69, 9.17) is 11.6 Å². The van der Waals surface area contributed by atoms with Crippen LogP contribution in [-0.2, 0) is 11.2 Å². The third-order valence-electron chi connectivity index (χ3n) is 1.70. The fourth-order valence-corrected chi connectivity index (χ4v) is 1.14. The number of halogens is 1. The summed E-state index contributed by atoms with van der Waals surface area (Å²) < 4.78 is 0. The smallest absolute Gasteiger partial charge is 0.138 e. The van der Waals surface area contributed by atoms with Gasteiger partial charge >= 0.3 is 0 Å². The van der Waals surface area contributed by atoms with Crippen molar-refractivity contribution in [1.29, 1.82) is 0 Å². The summed E-state index contributed by atoms with van der Waals surface area (Å²) in [5.74, 6) is 0.0174. The number of phenolic OH excluding ortho intramolecular Hbond substituents is 1. The van der Waals surface area contributed by atoms with E-state index >= 15 is 0 Å². The minimum Gasteiger partial charge on any atom is -0.506 e. The lowest BCUT2D eigenvalue weighted by Gasteiger charge is -2.04. The molecule has 2 nitrogen and oxygen atoms in total. The van der Waals surface area contributed by atoms with Crippen molar-refractivity contribution in [2.45, 2.75) is 13.3 Å². The van der Waals surface area contributed by atoms with Crippen molar-refractivity contribution < 1.29 is 9.90 Å². The molecule has 64 valence electrons. The van der Waals surface area contributed by atoms with Gasteiger partial charge in [-0.25, -0.2) is 0 Å². The van der Waals surface area contributed by atoms with E-state index in [1.54, 1.807) is 19.1 Å². The van der Waals surface area contributed by atoms with E-state index in [9.17, 15) is 9.90 Å².